The van der Waals surface area contributed by atoms with Crippen molar-refractivity contribution in [3.63, 3.8) is 0 Å². The molecule has 3 N–H and O–H groups in total. The first-order valence-corrected chi connectivity index (χ1v) is 7.53. The monoisotopic (exact) mass is 318 g/mol. The summed E-state index contributed by atoms with van der Waals surface area (Å²) in [7, 11) is 0. The summed E-state index contributed by atoms with van der Waals surface area (Å²) < 4.78 is 5.38. The lowest BCUT2D eigenvalue weighted by Gasteiger charge is -2.08. The average Bonchev–Trinajstić information content (AvgIpc) is 2.48. The summed E-state index contributed by atoms with van der Waals surface area (Å²) in [5, 5.41) is 3.39. The van der Waals surface area contributed by atoms with E-state index in [0.29, 0.717) is 41.6 Å². The third kappa shape index (κ3) is 4.67. The first kappa shape index (κ1) is 16.2. The van der Waals surface area contributed by atoms with Crippen LogP contribution in [0.1, 0.15) is 18.9 Å². The maximum absolute atomic E-state index is 11.9. The highest BCUT2D eigenvalue weighted by Crippen LogP contribution is 2.26. The van der Waals surface area contributed by atoms with Gasteiger partial charge in [0.15, 0.2) is 0 Å². The van der Waals surface area contributed by atoms with E-state index in [1.165, 1.54) is 0 Å². The van der Waals surface area contributed by atoms with E-state index in [1.54, 1.807) is 18.2 Å². The van der Waals surface area contributed by atoms with Crippen molar-refractivity contribution in [2.75, 3.05) is 17.7 Å². The summed E-state index contributed by atoms with van der Waals surface area (Å²) in [5.41, 5.74) is 8.00. The van der Waals surface area contributed by atoms with Crippen LogP contribution in [-0.2, 0) is 11.2 Å². The second kappa shape index (κ2) is 7.71. The molecule has 0 atom stereocenters. The molecule has 0 aromatic heterocycles. The maximum Gasteiger partial charge on any atom is 0.224 e. The van der Waals surface area contributed by atoms with Crippen molar-refractivity contribution in [2.45, 2.75) is 19.8 Å². The molecule has 0 fully saturated rings. The molecule has 0 saturated carbocycles. The van der Waals surface area contributed by atoms with Crippen LogP contribution in [-0.4, -0.2) is 12.5 Å². The van der Waals surface area contributed by atoms with Gasteiger partial charge in [0.25, 0.3) is 0 Å². The van der Waals surface area contributed by atoms with E-state index in [4.69, 9.17) is 22.1 Å². The lowest BCUT2D eigenvalue weighted by Crippen LogP contribution is -2.12. The largest absolute Gasteiger partial charge is 0.492 e. The van der Waals surface area contributed by atoms with Crippen LogP contribution in [0.5, 0.6) is 5.75 Å². The van der Waals surface area contributed by atoms with Gasteiger partial charge in [0.2, 0.25) is 5.91 Å². The number of hydrogen-bond donors (Lipinski definition) is 2. The van der Waals surface area contributed by atoms with Crippen LogP contribution in [0.4, 0.5) is 11.4 Å². The molecule has 2 aromatic rings. The van der Waals surface area contributed by atoms with E-state index in [2.05, 4.69) is 5.32 Å². The van der Waals surface area contributed by atoms with Crippen molar-refractivity contribution in [1.82, 2.24) is 0 Å². The minimum atomic E-state index is -0.0596. The number of aryl methyl sites for hydroxylation is 1. The van der Waals surface area contributed by atoms with E-state index >= 15 is 0 Å². The zero-order valence-corrected chi connectivity index (χ0v) is 13.2. The van der Waals surface area contributed by atoms with Gasteiger partial charge < -0.3 is 15.8 Å². The molecular formula is C17H19ClN2O2. The van der Waals surface area contributed by atoms with Gasteiger partial charge in [-0.2, -0.15) is 0 Å². The number of halogens is 1. The average molecular weight is 319 g/mol. The topological polar surface area (TPSA) is 64.3 Å². The number of nitrogens with one attached hydrogen (secondary N) is 1. The summed E-state index contributed by atoms with van der Waals surface area (Å²) in [4.78, 5) is 11.9. The lowest BCUT2D eigenvalue weighted by atomic mass is 10.1. The molecule has 0 radical (unpaired) electrons. The third-order valence-electron chi connectivity index (χ3n) is 3.11. The Morgan fingerprint density at radius 2 is 2.09 bits per heavy atom. The van der Waals surface area contributed by atoms with Crippen molar-refractivity contribution < 1.29 is 9.53 Å². The van der Waals surface area contributed by atoms with Gasteiger partial charge in [-0.1, -0.05) is 23.7 Å². The molecule has 0 aliphatic rings. The van der Waals surface area contributed by atoms with E-state index in [1.807, 2.05) is 31.2 Å². The van der Waals surface area contributed by atoms with Crippen LogP contribution in [0.3, 0.4) is 0 Å². The molecule has 2 rings (SSSR count). The number of nitrogen functional groups attached to an aromatic ring is 1. The Morgan fingerprint density at radius 3 is 2.77 bits per heavy atom. The Bertz CT molecular complexity index is 659. The first-order chi connectivity index (χ1) is 10.6. The fraction of sp³-hybridized carbons (Fsp3) is 0.235. The van der Waals surface area contributed by atoms with Gasteiger partial charge in [-0.05, 0) is 49.2 Å². The summed E-state index contributed by atoms with van der Waals surface area (Å²) >= 11 is 6.13. The first-order valence-electron chi connectivity index (χ1n) is 7.15. The number of amides is 1. The molecular weight excluding hydrogens is 300 g/mol. The molecule has 0 unspecified atom stereocenters. The molecule has 0 aliphatic carbocycles. The van der Waals surface area contributed by atoms with Crippen LogP contribution >= 0.6 is 11.6 Å². The molecule has 5 heteroatoms. The number of carbonyl (C=O) groups is 1. The molecule has 0 bridgehead atoms. The molecule has 0 heterocycles. The van der Waals surface area contributed by atoms with Crippen LogP contribution in [0, 0.1) is 0 Å². The minimum Gasteiger partial charge on any atom is -0.492 e. The van der Waals surface area contributed by atoms with Gasteiger partial charge >= 0.3 is 0 Å². The number of anilines is 2. The van der Waals surface area contributed by atoms with Gasteiger partial charge in [-0.3, -0.25) is 4.79 Å². The molecule has 2 aromatic carbocycles. The predicted molar refractivity (Wildman–Crippen MR) is 90.4 cm³/mol. The Kier molecular flexibility index (Phi) is 5.67. The number of hydrogen-bond acceptors (Lipinski definition) is 3. The lowest BCUT2D eigenvalue weighted by molar-refractivity contribution is -0.116. The Balaban J connectivity index is 1.89. The zero-order chi connectivity index (χ0) is 15.9. The van der Waals surface area contributed by atoms with Gasteiger partial charge in [0, 0.05) is 17.8 Å². The second-order valence-corrected chi connectivity index (χ2v) is 5.28. The zero-order valence-electron chi connectivity index (χ0n) is 12.4. The summed E-state index contributed by atoms with van der Waals surface area (Å²) in [6.07, 6.45) is 0.985. The van der Waals surface area contributed by atoms with Crippen LogP contribution in [0.2, 0.25) is 5.02 Å². The molecule has 0 saturated heterocycles. The molecule has 116 valence electrons. The number of ether oxygens (including phenoxy) is 1. The predicted octanol–water partition coefficient (Wildman–Crippen LogP) is 3.89. The molecule has 0 spiro atoms. The van der Waals surface area contributed by atoms with Gasteiger partial charge in [0.05, 0.1) is 11.6 Å². The van der Waals surface area contributed by atoms with Gasteiger partial charge in [-0.25, -0.2) is 0 Å². The normalized spacial score (nSPS) is 10.3. The van der Waals surface area contributed by atoms with Gasteiger partial charge in [0.1, 0.15) is 5.75 Å². The maximum atomic E-state index is 11.9. The molecule has 4 nitrogen and oxygen atoms in total. The third-order valence-corrected chi connectivity index (χ3v) is 3.40. The van der Waals surface area contributed by atoms with Crippen LogP contribution < -0.4 is 15.8 Å². The van der Waals surface area contributed by atoms with Crippen molar-refractivity contribution in [1.29, 1.82) is 0 Å². The van der Waals surface area contributed by atoms with Crippen molar-refractivity contribution in [3.05, 3.63) is 53.1 Å². The second-order valence-electron chi connectivity index (χ2n) is 4.87. The Hall–Kier alpha value is -2.20. The van der Waals surface area contributed by atoms with E-state index in [-0.39, 0.29) is 5.91 Å². The van der Waals surface area contributed by atoms with Gasteiger partial charge in [-0.15, -0.1) is 0 Å². The van der Waals surface area contributed by atoms with E-state index in [0.717, 1.165) is 5.56 Å². The fourth-order valence-corrected chi connectivity index (χ4v) is 2.33. The standard InChI is InChI=1S/C17H19ClN2O2/c1-2-22-16-8-6-12(10-15(16)18)7-9-17(21)20-14-5-3-4-13(19)11-14/h3-6,8,10-11H,2,7,9,19H2,1H3,(H,20,21). The smallest absolute Gasteiger partial charge is 0.224 e. The van der Waals surface area contributed by atoms with E-state index < -0.39 is 0 Å². The fourth-order valence-electron chi connectivity index (χ4n) is 2.07. The van der Waals surface area contributed by atoms with Crippen molar-refractivity contribution in [3.8, 4) is 5.75 Å². The highest BCUT2D eigenvalue weighted by atomic mass is 35.5. The van der Waals surface area contributed by atoms with Crippen molar-refractivity contribution >= 4 is 28.9 Å². The quantitative estimate of drug-likeness (QED) is 0.794. The highest BCUT2D eigenvalue weighted by Gasteiger charge is 2.06. The SMILES string of the molecule is CCOc1ccc(CCC(=O)Nc2cccc(N)c2)cc1Cl. The minimum absolute atomic E-state index is 0.0596. The molecule has 22 heavy (non-hydrogen) atoms. The van der Waals surface area contributed by atoms with Crippen LogP contribution in [0.15, 0.2) is 42.5 Å². The summed E-state index contributed by atoms with van der Waals surface area (Å²) in [6, 6.07) is 12.7. The van der Waals surface area contributed by atoms with Crippen LogP contribution in [0.25, 0.3) is 0 Å². The number of rotatable bonds is 6. The number of carbonyl (C=O) groups excluding carboxylic acids is 1. The summed E-state index contributed by atoms with van der Waals surface area (Å²) in [6.45, 7) is 2.48. The molecule has 1 amide bonds. The Morgan fingerprint density at radius 1 is 1.27 bits per heavy atom. The van der Waals surface area contributed by atoms with Crippen molar-refractivity contribution in [2.24, 2.45) is 0 Å². The Labute approximate surface area is 135 Å². The molecule has 0 aliphatic heterocycles. The summed E-state index contributed by atoms with van der Waals surface area (Å²) in [5.74, 6) is 0.604. The number of nitrogens with two attached hydrogens (primary N) is 1. The highest BCUT2D eigenvalue weighted by molar-refractivity contribution is 6.32. The van der Waals surface area contributed by atoms with E-state index in [9.17, 15) is 4.79 Å². The number of benzene rings is 2.